The monoisotopic (exact) mass is 337 g/mol. The number of hydrogen-bond acceptors (Lipinski definition) is 8. The normalized spacial score (nSPS) is 9.72. The fourth-order valence-electron chi connectivity index (χ4n) is 2.24. The van der Waals surface area contributed by atoms with E-state index in [0.29, 0.717) is 0 Å². The number of pyridine rings is 1. The number of nitriles is 2. The molecule has 0 spiro atoms. The highest BCUT2D eigenvalue weighted by molar-refractivity contribution is 5.96. The van der Waals surface area contributed by atoms with Gasteiger partial charge in [-0.3, -0.25) is 10.1 Å². The number of rotatable bonds is 4. The van der Waals surface area contributed by atoms with Gasteiger partial charge in [-0.1, -0.05) is 12.1 Å². The molecule has 0 radical (unpaired) electrons. The number of nitro benzene ring substituents is 1. The van der Waals surface area contributed by atoms with Crippen molar-refractivity contribution < 1.29 is 14.5 Å². The Morgan fingerprint density at radius 2 is 2.04 bits per heavy atom. The average Bonchev–Trinajstić information content (AvgIpc) is 2.60. The maximum Gasteiger partial charge on any atom is 0.358 e. The third-order valence-electron chi connectivity index (χ3n) is 3.26. The van der Waals surface area contributed by atoms with E-state index in [1.54, 1.807) is 6.92 Å². The number of carbonyl (C=O) groups excluding carboxylic acids is 1. The first kappa shape index (κ1) is 17.4. The Balaban J connectivity index is 2.86. The van der Waals surface area contributed by atoms with Gasteiger partial charge in [0.05, 0.1) is 17.1 Å². The standard InChI is InChI=1S/C16H11N5O4/c1-2-25-16(22)14-11(7-17)13(12(8-18)15(19)20-14)9-4-3-5-10(6-9)21(23)24/h3-6H,2H2,1H3,(H2,19,20). The molecule has 2 N–H and O–H groups in total. The molecule has 0 atom stereocenters. The quantitative estimate of drug-likeness (QED) is 0.505. The Hall–Kier alpha value is -3.98. The highest BCUT2D eigenvalue weighted by atomic mass is 16.6. The zero-order valence-electron chi connectivity index (χ0n) is 13.0. The molecule has 0 aliphatic carbocycles. The van der Waals surface area contributed by atoms with Gasteiger partial charge in [0.1, 0.15) is 23.5 Å². The zero-order chi connectivity index (χ0) is 18.6. The first-order valence-electron chi connectivity index (χ1n) is 7.00. The molecule has 0 bridgehead atoms. The SMILES string of the molecule is CCOC(=O)c1nc(N)c(C#N)c(-c2cccc([N+](=O)[O-])c2)c1C#N. The van der Waals surface area contributed by atoms with Crippen LogP contribution in [0.1, 0.15) is 28.5 Å². The Kier molecular flexibility index (Phi) is 4.91. The van der Waals surface area contributed by atoms with Crippen molar-refractivity contribution in [1.82, 2.24) is 4.98 Å². The summed E-state index contributed by atoms with van der Waals surface area (Å²) in [5, 5.41) is 29.8. The minimum Gasteiger partial charge on any atom is -0.461 e. The number of hydrogen-bond donors (Lipinski definition) is 1. The summed E-state index contributed by atoms with van der Waals surface area (Å²) in [7, 11) is 0. The molecule has 1 aromatic heterocycles. The molecule has 0 aliphatic rings. The van der Waals surface area contributed by atoms with Crippen LogP contribution in [0, 0.1) is 32.8 Å². The minimum atomic E-state index is -0.873. The third-order valence-corrected chi connectivity index (χ3v) is 3.26. The van der Waals surface area contributed by atoms with E-state index in [0.717, 1.165) is 0 Å². The van der Waals surface area contributed by atoms with Crippen LogP contribution in [-0.4, -0.2) is 22.5 Å². The van der Waals surface area contributed by atoms with Crippen LogP contribution in [0.4, 0.5) is 11.5 Å². The van der Waals surface area contributed by atoms with Gasteiger partial charge in [-0.25, -0.2) is 9.78 Å². The van der Waals surface area contributed by atoms with Crippen molar-refractivity contribution in [2.45, 2.75) is 6.92 Å². The van der Waals surface area contributed by atoms with Crippen molar-refractivity contribution in [2.75, 3.05) is 12.3 Å². The van der Waals surface area contributed by atoms with Crippen LogP contribution in [0.2, 0.25) is 0 Å². The summed E-state index contributed by atoms with van der Waals surface area (Å²) in [6, 6.07) is 8.95. The number of aromatic nitrogens is 1. The van der Waals surface area contributed by atoms with Crippen LogP contribution in [0.25, 0.3) is 11.1 Å². The highest BCUT2D eigenvalue weighted by Crippen LogP contribution is 2.33. The summed E-state index contributed by atoms with van der Waals surface area (Å²) in [5.41, 5.74) is 4.98. The van der Waals surface area contributed by atoms with Gasteiger partial charge in [0.2, 0.25) is 0 Å². The van der Waals surface area contributed by atoms with Gasteiger partial charge in [0.15, 0.2) is 5.69 Å². The molecule has 0 amide bonds. The van der Waals surface area contributed by atoms with Crippen LogP contribution >= 0.6 is 0 Å². The number of non-ortho nitro benzene ring substituents is 1. The molecule has 124 valence electrons. The maximum atomic E-state index is 12.1. The van der Waals surface area contributed by atoms with Crippen LogP contribution in [0.5, 0.6) is 0 Å². The van der Waals surface area contributed by atoms with Crippen LogP contribution in [0.3, 0.4) is 0 Å². The largest absolute Gasteiger partial charge is 0.461 e. The molecular weight excluding hydrogens is 326 g/mol. The summed E-state index contributed by atoms with van der Waals surface area (Å²) < 4.78 is 4.85. The van der Waals surface area contributed by atoms with E-state index in [4.69, 9.17) is 10.5 Å². The van der Waals surface area contributed by atoms with Crippen LogP contribution in [-0.2, 0) is 4.74 Å². The van der Waals surface area contributed by atoms with Gasteiger partial charge in [0, 0.05) is 17.7 Å². The maximum absolute atomic E-state index is 12.1. The summed E-state index contributed by atoms with van der Waals surface area (Å²) in [4.78, 5) is 26.2. The lowest BCUT2D eigenvalue weighted by atomic mass is 9.94. The number of esters is 1. The van der Waals surface area contributed by atoms with Crippen molar-refractivity contribution >= 4 is 17.5 Å². The van der Waals surface area contributed by atoms with Gasteiger partial charge in [-0.15, -0.1) is 0 Å². The van der Waals surface area contributed by atoms with Gasteiger partial charge in [-0.2, -0.15) is 10.5 Å². The molecule has 25 heavy (non-hydrogen) atoms. The molecule has 1 aromatic carbocycles. The van der Waals surface area contributed by atoms with Gasteiger partial charge < -0.3 is 10.5 Å². The van der Waals surface area contributed by atoms with Crippen molar-refractivity contribution in [3.05, 3.63) is 51.2 Å². The van der Waals surface area contributed by atoms with Crippen LogP contribution < -0.4 is 5.73 Å². The van der Waals surface area contributed by atoms with Gasteiger partial charge >= 0.3 is 5.97 Å². The van der Waals surface area contributed by atoms with E-state index in [1.165, 1.54) is 24.3 Å². The molecule has 9 nitrogen and oxygen atoms in total. The number of carbonyl (C=O) groups is 1. The second kappa shape index (κ2) is 7.06. The first-order valence-corrected chi connectivity index (χ1v) is 7.00. The van der Waals surface area contributed by atoms with Gasteiger partial charge in [0.25, 0.3) is 5.69 Å². The number of benzene rings is 1. The molecule has 0 fully saturated rings. The Bertz CT molecular complexity index is 956. The van der Waals surface area contributed by atoms with Crippen molar-refractivity contribution in [3.63, 3.8) is 0 Å². The summed E-state index contributed by atoms with van der Waals surface area (Å²) in [6.07, 6.45) is 0. The molecule has 0 saturated carbocycles. The summed E-state index contributed by atoms with van der Waals surface area (Å²) in [5.74, 6) is -1.15. The zero-order valence-corrected chi connectivity index (χ0v) is 13.0. The molecular formula is C16H11N5O4. The van der Waals surface area contributed by atoms with Crippen molar-refractivity contribution in [1.29, 1.82) is 10.5 Å². The molecule has 2 aromatic rings. The number of nitrogen functional groups attached to an aromatic ring is 1. The molecule has 0 saturated heterocycles. The van der Waals surface area contributed by atoms with E-state index in [-0.39, 0.29) is 46.1 Å². The minimum absolute atomic E-state index is 0.00394. The smallest absolute Gasteiger partial charge is 0.358 e. The predicted octanol–water partition coefficient (Wildman–Crippen LogP) is 2.16. The lowest BCUT2D eigenvalue weighted by molar-refractivity contribution is -0.384. The summed E-state index contributed by atoms with van der Waals surface area (Å²) >= 11 is 0. The predicted molar refractivity (Wildman–Crippen MR) is 86.1 cm³/mol. The second-order valence-corrected chi connectivity index (χ2v) is 4.72. The Morgan fingerprint density at radius 3 is 2.60 bits per heavy atom. The number of nitrogens with zero attached hydrogens (tertiary/aromatic N) is 4. The number of nitro groups is 1. The van der Waals surface area contributed by atoms with Crippen LogP contribution in [0.15, 0.2) is 24.3 Å². The van der Waals surface area contributed by atoms with E-state index in [2.05, 4.69) is 4.98 Å². The average molecular weight is 337 g/mol. The fourth-order valence-corrected chi connectivity index (χ4v) is 2.24. The fraction of sp³-hybridized carbons (Fsp3) is 0.125. The van der Waals surface area contributed by atoms with Crippen molar-refractivity contribution in [2.24, 2.45) is 0 Å². The van der Waals surface area contributed by atoms with Crippen molar-refractivity contribution in [3.8, 4) is 23.3 Å². The molecule has 2 rings (SSSR count). The van der Waals surface area contributed by atoms with E-state index in [1.807, 2.05) is 12.1 Å². The van der Waals surface area contributed by atoms with Gasteiger partial charge in [-0.05, 0) is 12.5 Å². The topological polar surface area (TPSA) is 156 Å². The third kappa shape index (κ3) is 3.21. The molecule has 1 heterocycles. The molecule has 0 unspecified atom stereocenters. The number of anilines is 1. The number of nitrogens with two attached hydrogens (primary N) is 1. The Morgan fingerprint density at radius 1 is 1.36 bits per heavy atom. The highest BCUT2D eigenvalue weighted by Gasteiger charge is 2.25. The first-order chi connectivity index (χ1) is 11.9. The van der Waals surface area contributed by atoms with E-state index >= 15 is 0 Å². The lowest BCUT2D eigenvalue weighted by Crippen LogP contribution is -2.14. The molecule has 9 heteroatoms. The summed E-state index contributed by atoms with van der Waals surface area (Å²) in [6.45, 7) is 1.63. The second-order valence-electron chi connectivity index (χ2n) is 4.72. The van der Waals surface area contributed by atoms with E-state index in [9.17, 15) is 25.4 Å². The lowest BCUT2D eigenvalue weighted by Gasteiger charge is -2.12. The molecule has 0 aliphatic heterocycles. The van der Waals surface area contributed by atoms with E-state index < -0.39 is 10.9 Å². The number of ether oxygens (including phenoxy) is 1. The Labute approximate surface area is 142 Å².